The third-order valence-corrected chi connectivity index (χ3v) is 6.90. The molecule has 184 valence electrons. The molecule has 0 saturated heterocycles. The first-order valence-corrected chi connectivity index (χ1v) is 12.0. The second-order valence-corrected chi connectivity index (χ2v) is 10.7. The Hall–Kier alpha value is -2.70. The van der Waals surface area contributed by atoms with E-state index in [1.54, 1.807) is 0 Å². The number of carbonyl (C=O) groups is 2. The van der Waals surface area contributed by atoms with Gasteiger partial charge in [-0.1, -0.05) is 35.4 Å². The van der Waals surface area contributed by atoms with Gasteiger partial charge in [-0.15, -0.1) is 0 Å². The molecule has 1 aliphatic rings. The number of hydrogen-bond acceptors (Lipinski definition) is 6. The molecule has 2 aromatic rings. The molecule has 0 fully saturated rings. The molecule has 6 heteroatoms. The van der Waals surface area contributed by atoms with Crippen molar-refractivity contribution < 1.29 is 19.8 Å². The van der Waals surface area contributed by atoms with Crippen molar-refractivity contribution in [1.82, 2.24) is 10.6 Å². The van der Waals surface area contributed by atoms with Crippen LogP contribution in [0.15, 0.2) is 24.3 Å². The number of phenols is 2. The molecule has 0 unspecified atom stereocenters. The van der Waals surface area contributed by atoms with Gasteiger partial charge in [-0.25, -0.2) is 0 Å². The average molecular weight is 467 g/mol. The van der Waals surface area contributed by atoms with Crippen LogP contribution in [0.5, 0.6) is 11.5 Å². The van der Waals surface area contributed by atoms with Gasteiger partial charge in [-0.3, -0.25) is 9.59 Å². The van der Waals surface area contributed by atoms with E-state index in [4.69, 9.17) is 0 Å². The van der Waals surface area contributed by atoms with E-state index in [9.17, 15) is 19.8 Å². The lowest BCUT2D eigenvalue weighted by atomic mass is 9.89. The fraction of sp³-hybridized carbons (Fsp3) is 0.500. The third-order valence-electron chi connectivity index (χ3n) is 6.90. The predicted octanol–water partition coefficient (Wildman–Crippen LogP) is 4.17. The van der Waals surface area contributed by atoms with Crippen molar-refractivity contribution in [3.8, 4) is 11.5 Å². The number of fused-ring (bicyclic) bond motifs is 4. The highest BCUT2D eigenvalue weighted by atomic mass is 16.3. The molecule has 4 bridgehead atoms. The molecule has 0 radical (unpaired) electrons. The average Bonchev–Trinajstić information content (AvgIpc) is 2.76. The molecule has 1 heterocycles. The maximum absolute atomic E-state index is 13.0. The Labute approximate surface area is 202 Å². The lowest BCUT2D eigenvalue weighted by Crippen LogP contribution is -2.47. The number of ketones is 2. The Morgan fingerprint density at radius 2 is 0.941 bits per heavy atom. The molecular weight excluding hydrogens is 428 g/mol. The number of phenolic OH excluding ortho intramolecular Hbond substituents is 2. The lowest BCUT2D eigenvalue weighted by Gasteiger charge is -2.27. The molecule has 0 amide bonds. The van der Waals surface area contributed by atoms with Crippen molar-refractivity contribution in [3.05, 3.63) is 57.6 Å². The minimum atomic E-state index is -0.795. The number of aromatic hydroxyl groups is 2. The van der Waals surface area contributed by atoms with Gasteiger partial charge in [0.05, 0.1) is 11.1 Å². The Bertz CT molecular complexity index is 1020. The fourth-order valence-corrected chi connectivity index (χ4v) is 4.47. The summed E-state index contributed by atoms with van der Waals surface area (Å²) in [5.41, 5.74) is 3.28. The van der Waals surface area contributed by atoms with Gasteiger partial charge in [0.15, 0.2) is 11.6 Å². The van der Waals surface area contributed by atoms with Crippen LogP contribution in [0, 0.1) is 13.8 Å². The number of hydrogen-bond donors (Lipinski definition) is 4. The smallest absolute Gasteiger partial charge is 0.152 e. The van der Waals surface area contributed by atoms with Crippen LogP contribution in [0.2, 0.25) is 0 Å². The molecular formula is C28H38N2O4. The molecule has 0 spiro atoms. The van der Waals surface area contributed by atoms with Gasteiger partial charge in [0.1, 0.15) is 11.5 Å². The molecule has 2 aromatic carbocycles. The van der Waals surface area contributed by atoms with E-state index in [-0.39, 0.29) is 35.9 Å². The standard InChI is InChI=1S/C28H38N2O4/c1-17-11-19-7-9-23(31)27(3,4)29-15-21-13-18(2)14-22(26(21)34)16-30-28(5,6)24(32)10-8-20(12-17)25(19)33/h11-14,29-30,33-34H,7-10,15-16H2,1-6H3. The zero-order valence-corrected chi connectivity index (χ0v) is 21.3. The zero-order chi connectivity index (χ0) is 25.3. The summed E-state index contributed by atoms with van der Waals surface area (Å²) >= 11 is 0. The van der Waals surface area contributed by atoms with Gasteiger partial charge >= 0.3 is 0 Å². The summed E-state index contributed by atoms with van der Waals surface area (Å²) in [7, 11) is 0. The maximum atomic E-state index is 13.0. The largest absolute Gasteiger partial charge is 0.507 e. The van der Waals surface area contributed by atoms with Crippen LogP contribution < -0.4 is 10.6 Å². The van der Waals surface area contributed by atoms with Gasteiger partial charge < -0.3 is 20.8 Å². The number of rotatable bonds is 0. The van der Waals surface area contributed by atoms with Crippen molar-refractivity contribution in [2.45, 2.75) is 91.4 Å². The molecule has 34 heavy (non-hydrogen) atoms. The first kappa shape index (κ1) is 25.9. The highest BCUT2D eigenvalue weighted by Crippen LogP contribution is 2.30. The summed E-state index contributed by atoms with van der Waals surface area (Å²) in [5, 5.41) is 28.4. The highest BCUT2D eigenvalue weighted by Gasteiger charge is 2.29. The van der Waals surface area contributed by atoms with Gasteiger partial charge in [0.25, 0.3) is 0 Å². The molecule has 1 aliphatic heterocycles. The van der Waals surface area contributed by atoms with Crippen LogP contribution in [0.25, 0.3) is 0 Å². The van der Waals surface area contributed by atoms with Gasteiger partial charge in [-0.2, -0.15) is 0 Å². The SMILES string of the molecule is Cc1cc2c(O)c(c1)CCC(=O)C(C)(C)NCc1cc(C)cc(c1O)CNC(C)(C)C(=O)CC2. The van der Waals surface area contributed by atoms with E-state index >= 15 is 0 Å². The highest BCUT2D eigenvalue weighted by molar-refractivity contribution is 5.88. The summed E-state index contributed by atoms with van der Waals surface area (Å²) in [6.07, 6.45) is 1.39. The summed E-state index contributed by atoms with van der Waals surface area (Å²) < 4.78 is 0. The molecule has 3 rings (SSSR count). The van der Waals surface area contributed by atoms with Crippen LogP contribution in [-0.4, -0.2) is 32.9 Å². The first-order valence-electron chi connectivity index (χ1n) is 12.0. The van der Waals surface area contributed by atoms with Crippen molar-refractivity contribution >= 4 is 11.6 Å². The quantitative estimate of drug-likeness (QED) is 0.465. The van der Waals surface area contributed by atoms with Gasteiger partial charge in [-0.05, 0) is 65.5 Å². The van der Waals surface area contributed by atoms with Crippen molar-refractivity contribution in [2.24, 2.45) is 0 Å². The van der Waals surface area contributed by atoms with Crippen molar-refractivity contribution in [2.75, 3.05) is 0 Å². The molecule has 0 saturated carbocycles. The number of aryl methyl sites for hydroxylation is 4. The number of Topliss-reactive ketones (excluding diaryl/α,β-unsaturated/α-hetero) is 2. The van der Waals surface area contributed by atoms with Gasteiger partial charge in [0, 0.05) is 37.1 Å². The second kappa shape index (κ2) is 9.88. The molecule has 6 nitrogen and oxygen atoms in total. The first-order chi connectivity index (χ1) is 15.8. The fourth-order valence-electron chi connectivity index (χ4n) is 4.47. The molecule has 4 N–H and O–H groups in total. The van der Waals surface area contributed by atoms with E-state index < -0.39 is 11.1 Å². The van der Waals surface area contributed by atoms with Crippen LogP contribution in [0.1, 0.15) is 73.9 Å². The van der Waals surface area contributed by atoms with E-state index in [2.05, 4.69) is 10.6 Å². The monoisotopic (exact) mass is 466 g/mol. The van der Waals surface area contributed by atoms with Crippen LogP contribution in [0.3, 0.4) is 0 Å². The summed E-state index contributed by atoms with van der Waals surface area (Å²) in [6.45, 7) is 12.0. The summed E-state index contributed by atoms with van der Waals surface area (Å²) in [6, 6.07) is 7.63. The van der Waals surface area contributed by atoms with E-state index in [0.717, 1.165) is 22.3 Å². The number of carbonyl (C=O) groups excluding carboxylic acids is 2. The van der Waals surface area contributed by atoms with E-state index in [1.807, 2.05) is 65.8 Å². The molecule has 0 atom stereocenters. The van der Waals surface area contributed by atoms with Crippen molar-refractivity contribution in [1.29, 1.82) is 0 Å². The minimum absolute atomic E-state index is 0.0297. The normalized spacial score (nSPS) is 19.4. The second-order valence-electron chi connectivity index (χ2n) is 10.7. The lowest BCUT2D eigenvalue weighted by molar-refractivity contribution is -0.125. The van der Waals surface area contributed by atoms with E-state index in [1.165, 1.54) is 0 Å². The Morgan fingerprint density at radius 3 is 1.32 bits per heavy atom. The summed E-state index contributed by atoms with van der Waals surface area (Å²) in [5.74, 6) is 0.414. The topological polar surface area (TPSA) is 98.7 Å². The predicted molar refractivity (Wildman–Crippen MR) is 134 cm³/mol. The van der Waals surface area contributed by atoms with Crippen LogP contribution in [0.4, 0.5) is 0 Å². The maximum Gasteiger partial charge on any atom is 0.152 e. The molecule has 0 aliphatic carbocycles. The Balaban J connectivity index is 1.98. The van der Waals surface area contributed by atoms with E-state index in [0.29, 0.717) is 37.1 Å². The summed E-state index contributed by atoms with van der Waals surface area (Å²) in [4.78, 5) is 26.1. The third kappa shape index (κ3) is 5.86. The minimum Gasteiger partial charge on any atom is -0.507 e. The van der Waals surface area contributed by atoms with Crippen LogP contribution in [-0.2, 0) is 35.5 Å². The van der Waals surface area contributed by atoms with Crippen molar-refractivity contribution in [3.63, 3.8) is 0 Å². The van der Waals surface area contributed by atoms with Crippen LogP contribution >= 0.6 is 0 Å². The number of benzene rings is 2. The zero-order valence-electron chi connectivity index (χ0n) is 21.3. The van der Waals surface area contributed by atoms with Gasteiger partial charge in [0.2, 0.25) is 0 Å². The Morgan fingerprint density at radius 1 is 0.618 bits per heavy atom. The molecule has 0 aromatic heterocycles. The Kier molecular flexibility index (Phi) is 7.53. The number of nitrogens with one attached hydrogen (secondary N) is 2.